The summed E-state index contributed by atoms with van der Waals surface area (Å²) in [5, 5.41) is 0. The lowest BCUT2D eigenvalue weighted by molar-refractivity contribution is -0.120. The fourth-order valence-electron chi connectivity index (χ4n) is 2.88. The predicted molar refractivity (Wildman–Crippen MR) is 84.9 cm³/mol. The Morgan fingerprint density at radius 1 is 1.08 bits per heavy atom. The summed E-state index contributed by atoms with van der Waals surface area (Å²) in [4.78, 5) is 11.5. The molecule has 0 bridgehead atoms. The molecule has 1 unspecified atom stereocenters. The first kappa shape index (κ1) is 16.5. The molecule has 1 atom stereocenters. The third-order valence-electron chi connectivity index (χ3n) is 4.62. The van der Waals surface area contributed by atoms with E-state index in [-0.39, 0.29) is 5.56 Å². The van der Waals surface area contributed by atoms with Gasteiger partial charge in [-0.05, 0) is 35.6 Å². The number of primary amides is 1. The molecule has 4 N–H and O–H groups in total. The fraction of sp³-hybridized carbons (Fsp3) is 0.278. The van der Waals surface area contributed by atoms with Crippen molar-refractivity contribution in [3.05, 3.63) is 59.4 Å². The SMILES string of the molecule is NC(=O)C1(c2ccc(-c3ccc(C(N)C(F)F)cc3)c(F)c2)CC1. The van der Waals surface area contributed by atoms with E-state index in [2.05, 4.69) is 0 Å². The zero-order valence-corrected chi connectivity index (χ0v) is 12.8. The van der Waals surface area contributed by atoms with Gasteiger partial charge in [-0.15, -0.1) is 0 Å². The number of benzene rings is 2. The van der Waals surface area contributed by atoms with Crippen molar-refractivity contribution in [1.29, 1.82) is 0 Å². The smallest absolute Gasteiger partial charge is 0.257 e. The van der Waals surface area contributed by atoms with E-state index in [0.717, 1.165) is 0 Å². The Labute approximate surface area is 137 Å². The number of alkyl halides is 2. The highest BCUT2D eigenvalue weighted by atomic mass is 19.3. The van der Waals surface area contributed by atoms with E-state index < -0.39 is 29.6 Å². The van der Waals surface area contributed by atoms with Gasteiger partial charge in [0.05, 0.1) is 11.5 Å². The zero-order valence-electron chi connectivity index (χ0n) is 12.8. The Morgan fingerprint density at radius 3 is 2.17 bits per heavy atom. The molecule has 0 spiro atoms. The van der Waals surface area contributed by atoms with E-state index in [1.807, 2.05) is 0 Å². The van der Waals surface area contributed by atoms with E-state index in [9.17, 15) is 18.0 Å². The molecule has 0 saturated heterocycles. The van der Waals surface area contributed by atoms with Crippen LogP contribution in [0.4, 0.5) is 13.2 Å². The highest BCUT2D eigenvalue weighted by Gasteiger charge is 2.50. The van der Waals surface area contributed by atoms with E-state index in [1.165, 1.54) is 18.2 Å². The molecule has 1 amide bonds. The molecule has 0 aromatic heterocycles. The Hall–Kier alpha value is -2.34. The van der Waals surface area contributed by atoms with Crippen LogP contribution in [0.5, 0.6) is 0 Å². The normalized spacial score (nSPS) is 16.9. The molecule has 126 valence electrons. The topological polar surface area (TPSA) is 69.1 Å². The van der Waals surface area contributed by atoms with Gasteiger partial charge in [0.2, 0.25) is 5.91 Å². The fourth-order valence-corrected chi connectivity index (χ4v) is 2.88. The highest BCUT2D eigenvalue weighted by molar-refractivity contribution is 5.90. The molecule has 1 aliphatic rings. The molecule has 0 radical (unpaired) electrons. The maximum Gasteiger partial charge on any atom is 0.257 e. The van der Waals surface area contributed by atoms with Crippen LogP contribution in [-0.2, 0) is 10.2 Å². The van der Waals surface area contributed by atoms with Gasteiger partial charge >= 0.3 is 0 Å². The summed E-state index contributed by atoms with van der Waals surface area (Å²) < 4.78 is 39.7. The largest absolute Gasteiger partial charge is 0.369 e. The Morgan fingerprint density at radius 2 is 1.71 bits per heavy atom. The second kappa shape index (κ2) is 5.94. The third-order valence-corrected chi connectivity index (χ3v) is 4.62. The summed E-state index contributed by atoms with van der Waals surface area (Å²) in [6.07, 6.45) is -1.40. The zero-order chi connectivity index (χ0) is 17.5. The number of halogens is 3. The van der Waals surface area contributed by atoms with Gasteiger partial charge in [-0.1, -0.05) is 36.4 Å². The molecule has 2 aromatic carbocycles. The molecule has 24 heavy (non-hydrogen) atoms. The molecule has 3 rings (SSSR count). The minimum Gasteiger partial charge on any atom is -0.369 e. The number of carbonyl (C=O) groups excluding carboxylic acids is 1. The molecular formula is C18H17F3N2O. The van der Waals surface area contributed by atoms with Crippen LogP contribution in [0.15, 0.2) is 42.5 Å². The average molecular weight is 334 g/mol. The van der Waals surface area contributed by atoms with Crippen LogP contribution in [0, 0.1) is 5.82 Å². The number of nitrogens with two attached hydrogens (primary N) is 2. The van der Waals surface area contributed by atoms with Crippen molar-refractivity contribution in [1.82, 2.24) is 0 Å². The predicted octanol–water partition coefficient (Wildman–Crippen LogP) is 3.27. The van der Waals surface area contributed by atoms with E-state index in [1.54, 1.807) is 24.3 Å². The van der Waals surface area contributed by atoms with Crippen molar-refractivity contribution in [3.8, 4) is 11.1 Å². The van der Waals surface area contributed by atoms with Gasteiger partial charge in [0.1, 0.15) is 5.82 Å². The number of rotatable bonds is 5. The van der Waals surface area contributed by atoms with Crippen molar-refractivity contribution < 1.29 is 18.0 Å². The average Bonchev–Trinajstić information content (AvgIpc) is 3.36. The molecule has 0 aliphatic heterocycles. The van der Waals surface area contributed by atoms with Crippen molar-refractivity contribution in [2.75, 3.05) is 0 Å². The van der Waals surface area contributed by atoms with Crippen LogP contribution in [0.25, 0.3) is 11.1 Å². The Balaban J connectivity index is 1.89. The Kier molecular flexibility index (Phi) is 4.09. The molecule has 2 aromatic rings. The van der Waals surface area contributed by atoms with Crippen LogP contribution in [0.2, 0.25) is 0 Å². The first-order valence-electron chi connectivity index (χ1n) is 7.59. The summed E-state index contributed by atoms with van der Waals surface area (Å²) in [5.41, 5.74) is 11.8. The number of hydrogen-bond donors (Lipinski definition) is 2. The molecule has 3 nitrogen and oxygen atoms in total. The van der Waals surface area contributed by atoms with Gasteiger partial charge in [0, 0.05) is 5.56 Å². The second-order valence-corrected chi connectivity index (χ2v) is 6.12. The van der Waals surface area contributed by atoms with Crippen LogP contribution in [0.3, 0.4) is 0 Å². The van der Waals surface area contributed by atoms with Gasteiger partial charge in [0.15, 0.2) is 0 Å². The van der Waals surface area contributed by atoms with Crippen LogP contribution in [-0.4, -0.2) is 12.3 Å². The quantitative estimate of drug-likeness (QED) is 0.881. The van der Waals surface area contributed by atoms with Crippen LogP contribution in [0.1, 0.15) is 30.0 Å². The number of hydrogen-bond acceptors (Lipinski definition) is 2. The third kappa shape index (κ3) is 2.78. The first-order valence-corrected chi connectivity index (χ1v) is 7.59. The molecule has 1 aliphatic carbocycles. The summed E-state index contributed by atoms with van der Waals surface area (Å²) in [7, 11) is 0. The van der Waals surface area contributed by atoms with Gasteiger partial charge in [-0.2, -0.15) is 0 Å². The van der Waals surface area contributed by atoms with Crippen molar-refractivity contribution in [2.45, 2.75) is 30.7 Å². The monoisotopic (exact) mass is 334 g/mol. The standard InChI is InChI=1S/C18H17F3N2O/c19-14-9-12(18(7-8-18)17(23)24)5-6-13(14)10-1-3-11(4-2-10)15(22)16(20)21/h1-6,9,15-16H,7-8,22H2,(H2,23,24). The van der Waals surface area contributed by atoms with Gasteiger partial charge < -0.3 is 11.5 Å². The second-order valence-electron chi connectivity index (χ2n) is 6.12. The van der Waals surface area contributed by atoms with E-state index in [0.29, 0.717) is 29.5 Å². The maximum atomic E-state index is 14.4. The molecule has 1 fully saturated rings. The van der Waals surface area contributed by atoms with Gasteiger partial charge in [0.25, 0.3) is 6.43 Å². The van der Waals surface area contributed by atoms with Crippen molar-refractivity contribution in [2.24, 2.45) is 11.5 Å². The minimum atomic E-state index is -2.66. The summed E-state index contributed by atoms with van der Waals surface area (Å²) in [5.74, 6) is -0.925. The van der Waals surface area contributed by atoms with Crippen LogP contribution >= 0.6 is 0 Å². The lowest BCUT2D eigenvalue weighted by Gasteiger charge is -2.14. The molecular weight excluding hydrogens is 317 g/mol. The van der Waals surface area contributed by atoms with E-state index >= 15 is 0 Å². The maximum absolute atomic E-state index is 14.4. The van der Waals surface area contributed by atoms with E-state index in [4.69, 9.17) is 11.5 Å². The molecule has 0 heterocycles. The lowest BCUT2D eigenvalue weighted by Crippen LogP contribution is -2.28. The first-order chi connectivity index (χ1) is 11.3. The minimum absolute atomic E-state index is 0.288. The van der Waals surface area contributed by atoms with Gasteiger partial charge in [-0.25, -0.2) is 13.2 Å². The van der Waals surface area contributed by atoms with Crippen molar-refractivity contribution in [3.63, 3.8) is 0 Å². The van der Waals surface area contributed by atoms with Crippen molar-refractivity contribution >= 4 is 5.91 Å². The lowest BCUT2D eigenvalue weighted by atomic mass is 9.92. The molecule has 6 heteroatoms. The highest BCUT2D eigenvalue weighted by Crippen LogP contribution is 2.48. The number of carbonyl (C=O) groups is 1. The number of amides is 1. The van der Waals surface area contributed by atoms with Crippen LogP contribution < -0.4 is 11.5 Å². The summed E-state index contributed by atoms with van der Waals surface area (Å²) >= 11 is 0. The molecule has 1 saturated carbocycles. The van der Waals surface area contributed by atoms with Gasteiger partial charge in [-0.3, -0.25) is 4.79 Å². The summed E-state index contributed by atoms with van der Waals surface area (Å²) in [6.45, 7) is 0. The Bertz CT molecular complexity index is 770. The summed E-state index contributed by atoms with van der Waals surface area (Å²) in [6, 6.07) is 9.26.